The third-order valence-electron chi connectivity index (χ3n) is 2.47. The number of aliphatic carboxylic acids is 1. The van der Waals surface area contributed by atoms with Gasteiger partial charge in [0.05, 0.1) is 19.2 Å². The standard InChI is InChI=1S/C12H23N3O5/c1-4-20-7-9(8(2)3)15-12(19)14-5-10(16)13-6-11(17)18/h8-9H,4-7H2,1-3H3,(H,13,16)(H,17,18)(H2,14,15,19). The van der Waals surface area contributed by atoms with E-state index in [-0.39, 0.29) is 18.5 Å². The zero-order valence-electron chi connectivity index (χ0n) is 12.1. The zero-order valence-corrected chi connectivity index (χ0v) is 12.1. The van der Waals surface area contributed by atoms with Gasteiger partial charge in [0.1, 0.15) is 6.54 Å². The van der Waals surface area contributed by atoms with Crippen LogP contribution in [-0.2, 0) is 14.3 Å². The van der Waals surface area contributed by atoms with Crippen molar-refractivity contribution < 1.29 is 24.2 Å². The molecule has 0 aliphatic rings. The second-order valence-electron chi connectivity index (χ2n) is 4.51. The first-order chi connectivity index (χ1) is 9.36. The van der Waals surface area contributed by atoms with E-state index in [1.807, 2.05) is 20.8 Å². The van der Waals surface area contributed by atoms with Gasteiger partial charge in [0.25, 0.3) is 0 Å². The first-order valence-electron chi connectivity index (χ1n) is 6.47. The Balaban J connectivity index is 4.00. The Hall–Kier alpha value is -1.83. The van der Waals surface area contributed by atoms with Gasteiger partial charge in [-0.25, -0.2) is 4.79 Å². The highest BCUT2D eigenvalue weighted by molar-refractivity contribution is 5.86. The topological polar surface area (TPSA) is 117 Å². The summed E-state index contributed by atoms with van der Waals surface area (Å²) in [5, 5.41) is 15.6. The highest BCUT2D eigenvalue weighted by Gasteiger charge is 2.16. The number of carboxylic acids is 1. The van der Waals surface area contributed by atoms with Gasteiger partial charge in [0.2, 0.25) is 5.91 Å². The van der Waals surface area contributed by atoms with Gasteiger partial charge in [0.15, 0.2) is 0 Å². The molecule has 8 heteroatoms. The number of hydrogen-bond acceptors (Lipinski definition) is 4. The van der Waals surface area contributed by atoms with Crippen LogP contribution in [0.1, 0.15) is 20.8 Å². The molecule has 116 valence electrons. The Morgan fingerprint density at radius 2 is 1.80 bits per heavy atom. The molecule has 0 fully saturated rings. The highest BCUT2D eigenvalue weighted by Crippen LogP contribution is 2.01. The molecule has 4 N–H and O–H groups in total. The fourth-order valence-electron chi connectivity index (χ4n) is 1.26. The Morgan fingerprint density at radius 3 is 2.30 bits per heavy atom. The molecule has 0 aromatic rings. The second-order valence-corrected chi connectivity index (χ2v) is 4.51. The summed E-state index contributed by atoms with van der Waals surface area (Å²) in [4.78, 5) is 33.0. The smallest absolute Gasteiger partial charge is 0.322 e. The summed E-state index contributed by atoms with van der Waals surface area (Å²) in [5.41, 5.74) is 0. The van der Waals surface area contributed by atoms with E-state index in [9.17, 15) is 14.4 Å². The van der Waals surface area contributed by atoms with Crippen LogP contribution in [0.15, 0.2) is 0 Å². The summed E-state index contributed by atoms with van der Waals surface area (Å²) in [6, 6.07) is -0.647. The van der Waals surface area contributed by atoms with E-state index >= 15 is 0 Å². The summed E-state index contributed by atoms with van der Waals surface area (Å²) in [5.74, 6) is -1.51. The second kappa shape index (κ2) is 10.0. The van der Waals surface area contributed by atoms with Crippen LogP contribution >= 0.6 is 0 Å². The Labute approximate surface area is 118 Å². The molecule has 0 spiro atoms. The highest BCUT2D eigenvalue weighted by atomic mass is 16.5. The van der Waals surface area contributed by atoms with Crippen LogP contribution in [0.4, 0.5) is 4.79 Å². The molecule has 0 radical (unpaired) electrons. The molecular weight excluding hydrogens is 266 g/mol. The SMILES string of the molecule is CCOCC(NC(=O)NCC(=O)NCC(=O)O)C(C)C. The molecule has 1 unspecified atom stereocenters. The number of carbonyl (C=O) groups excluding carboxylic acids is 2. The molecule has 20 heavy (non-hydrogen) atoms. The summed E-state index contributed by atoms with van der Waals surface area (Å²) in [6.45, 7) is 5.97. The Morgan fingerprint density at radius 1 is 1.15 bits per heavy atom. The van der Waals surface area contributed by atoms with Crippen molar-refractivity contribution in [3.8, 4) is 0 Å². The lowest BCUT2D eigenvalue weighted by Crippen LogP contribution is -2.49. The largest absolute Gasteiger partial charge is 0.480 e. The number of amides is 3. The maximum absolute atomic E-state index is 11.6. The van der Waals surface area contributed by atoms with Crippen LogP contribution in [0.2, 0.25) is 0 Å². The van der Waals surface area contributed by atoms with Crippen molar-refractivity contribution in [2.24, 2.45) is 5.92 Å². The first kappa shape index (κ1) is 18.2. The summed E-state index contributed by atoms with van der Waals surface area (Å²) in [6.07, 6.45) is 0. The van der Waals surface area contributed by atoms with Gasteiger partial charge in [-0.3, -0.25) is 9.59 Å². The fraction of sp³-hybridized carbons (Fsp3) is 0.750. The Kier molecular flexibility index (Phi) is 9.10. The van der Waals surface area contributed by atoms with Crippen LogP contribution < -0.4 is 16.0 Å². The number of carboxylic acid groups (broad SMARTS) is 1. The number of rotatable bonds is 9. The molecule has 0 saturated carbocycles. The van der Waals surface area contributed by atoms with E-state index in [4.69, 9.17) is 9.84 Å². The van der Waals surface area contributed by atoms with Crippen LogP contribution in [0, 0.1) is 5.92 Å². The lowest BCUT2D eigenvalue weighted by atomic mass is 10.1. The van der Waals surface area contributed by atoms with Crippen LogP contribution in [0.5, 0.6) is 0 Å². The maximum atomic E-state index is 11.6. The summed E-state index contributed by atoms with van der Waals surface area (Å²) in [7, 11) is 0. The van der Waals surface area contributed by atoms with Gasteiger partial charge >= 0.3 is 12.0 Å². The molecule has 0 bridgehead atoms. The van der Waals surface area contributed by atoms with Gasteiger partial charge in [-0.15, -0.1) is 0 Å². The van der Waals surface area contributed by atoms with Crippen molar-refractivity contribution >= 4 is 17.9 Å². The molecule has 0 saturated heterocycles. The molecule has 8 nitrogen and oxygen atoms in total. The van der Waals surface area contributed by atoms with Crippen molar-refractivity contribution in [3.05, 3.63) is 0 Å². The lowest BCUT2D eigenvalue weighted by molar-refractivity contribution is -0.137. The van der Waals surface area contributed by atoms with E-state index in [1.54, 1.807) is 0 Å². The van der Waals surface area contributed by atoms with Crippen LogP contribution in [0.3, 0.4) is 0 Å². The van der Waals surface area contributed by atoms with Crippen molar-refractivity contribution in [3.63, 3.8) is 0 Å². The van der Waals surface area contributed by atoms with Gasteiger partial charge in [0, 0.05) is 6.61 Å². The van der Waals surface area contributed by atoms with Gasteiger partial charge in [-0.1, -0.05) is 13.8 Å². The fourth-order valence-corrected chi connectivity index (χ4v) is 1.26. The minimum atomic E-state index is -1.14. The van der Waals surface area contributed by atoms with E-state index in [2.05, 4.69) is 16.0 Å². The number of ether oxygens (including phenoxy) is 1. The number of carbonyl (C=O) groups is 3. The van der Waals surface area contributed by atoms with E-state index in [0.717, 1.165) is 0 Å². The van der Waals surface area contributed by atoms with Crippen molar-refractivity contribution in [1.29, 1.82) is 0 Å². The maximum Gasteiger partial charge on any atom is 0.322 e. The molecule has 0 aliphatic heterocycles. The quantitative estimate of drug-likeness (QED) is 0.458. The molecule has 0 aromatic heterocycles. The average molecular weight is 289 g/mol. The third kappa shape index (κ3) is 9.15. The van der Waals surface area contributed by atoms with E-state index in [0.29, 0.717) is 13.2 Å². The molecule has 0 heterocycles. The van der Waals surface area contributed by atoms with Gasteiger partial charge in [-0.2, -0.15) is 0 Å². The normalized spacial score (nSPS) is 11.8. The zero-order chi connectivity index (χ0) is 15.5. The van der Waals surface area contributed by atoms with Crippen molar-refractivity contribution in [2.45, 2.75) is 26.8 Å². The Bertz CT molecular complexity index is 333. The van der Waals surface area contributed by atoms with Crippen LogP contribution in [0.25, 0.3) is 0 Å². The summed E-state index contributed by atoms with van der Waals surface area (Å²) >= 11 is 0. The first-order valence-corrected chi connectivity index (χ1v) is 6.47. The van der Waals surface area contributed by atoms with Gasteiger partial charge in [-0.05, 0) is 12.8 Å². The predicted molar refractivity (Wildman–Crippen MR) is 72.3 cm³/mol. The molecular formula is C12H23N3O5. The average Bonchev–Trinajstić information content (AvgIpc) is 2.38. The number of nitrogens with one attached hydrogen (secondary N) is 3. The van der Waals surface area contributed by atoms with Crippen molar-refractivity contribution in [1.82, 2.24) is 16.0 Å². The number of urea groups is 1. The predicted octanol–water partition coefficient (Wildman–Crippen LogP) is -0.452. The van der Waals surface area contributed by atoms with Crippen molar-refractivity contribution in [2.75, 3.05) is 26.3 Å². The molecule has 0 aromatic carbocycles. The monoisotopic (exact) mass is 289 g/mol. The van der Waals surface area contributed by atoms with Crippen LogP contribution in [-0.4, -0.2) is 55.4 Å². The molecule has 1 atom stereocenters. The third-order valence-corrected chi connectivity index (χ3v) is 2.47. The van der Waals surface area contributed by atoms with E-state index < -0.39 is 24.5 Å². The number of hydrogen-bond donors (Lipinski definition) is 4. The summed E-state index contributed by atoms with van der Waals surface area (Å²) < 4.78 is 5.26. The van der Waals surface area contributed by atoms with E-state index in [1.165, 1.54) is 0 Å². The molecule has 3 amide bonds. The van der Waals surface area contributed by atoms with Gasteiger partial charge < -0.3 is 25.8 Å². The minimum Gasteiger partial charge on any atom is -0.480 e. The lowest BCUT2D eigenvalue weighted by Gasteiger charge is -2.22. The minimum absolute atomic E-state index is 0.156. The molecule has 0 aliphatic carbocycles. The molecule has 0 rings (SSSR count).